The molecule has 0 radical (unpaired) electrons. The molecule has 3 heterocycles. The van der Waals surface area contributed by atoms with Crippen molar-refractivity contribution in [1.29, 1.82) is 0 Å². The lowest BCUT2D eigenvalue weighted by Crippen LogP contribution is -2.44. The number of benzene rings is 2. The Kier molecular flexibility index (Phi) is 7.85. The number of carbonyl (C=O) groups is 1. The van der Waals surface area contributed by atoms with Gasteiger partial charge in [-0.3, -0.25) is 4.79 Å². The van der Waals surface area contributed by atoms with E-state index in [4.69, 9.17) is 14.5 Å². The van der Waals surface area contributed by atoms with Gasteiger partial charge in [-0.1, -0.05) is 0 Å². The highest BCUT2D eigenvalue weighted by Crippen LogP contribution is 2.37. The van der Waals surface area contributed by atoms with E-state index in [1.165, 1.54) is 0 Å². The molecule has 1 N–H and O–H groups in total. The van der Waals surface area contributed by atoms with Crippen LogP contribution in [0.2, 0.25) is 0 Å². The molecule has 0 bridgehead atoms. The van der Waals surface area contributed by atoms with Crippen LogP contribution in [0.25, 0.3) is 10.9 Å². The predicted octanol–water partition coefficient (Wildman–Crippen LogP) is 3.54. The minimum absolute atomic E-state index is 0.230. The van der Waals surface area contributed by atoms with Gasteiger partial charge in [-0.15, -0.1) is 0 Å². The molecule has 202 valence electrons. The summed E-state index contributed by atoms with van der Waals surface area (Å²) in [5.41, 5.74) is 5.00. The molecule has 38 heavy (non-hydrogen) atoms. The zero-order valence-corrected chi connectivity index (χ0v) is 22.9. The fourth-order valence-corrected chi connectivity index (χ4v) is 5.11. The Morgan fingerprint density at radius 2 is 1.74 bits per heavy atom. The van der Waals surface area contributed by atoms with Crippen LogP contribution in [0.1, 0.15) is 16.9 Å². The minimum Gasteiger partial charge on any atom is -0.497 e. The van der Waals surface area contributed by atoms with E-state index in [9.17, 15) is 4.79 Å². The molecule has 0 saturated carbocycles. The van der Waals surface area contributed by atoms with Crippen LogP contribution < -0.4 is 24.8 Å². The van der Waals surface area contributed by atoms with E-state index in [-0.39, 0.29) is 5.91 Å². The largest absolute Gasteiger partial charge is 0.497 e. The first-order valence-corrected chi connectivity index (χ1v) is 13.3. The van der Waals surface area contributed by atoms with Gasteiger partial charge in [0.15, 0.2) is 0 Å². The highest BCUT2D eigenvalue weighted by Gasteiger charge is 2.22. The summed E-state index contributed by atoms with van der Waals surface area (Å²) in [5.74, 6) is 0.552. The summed E-state index contributed by atoms with van der Waals surface area (Å²) in [6.45, 7) is 7.12. The third kappa shape index (κ3) is 5.63. The SMILES string of the molecule is COc1cc(N2CCN(C)CC2)c2nc(C(=O)Nc3ccc(N4CCCOCC4)cc3)cc(N(C)C)c2c1. The molecular formula is C29H38N6O3. The van der Waals surface area contributed by atoms with E-state index in [1.807, 2.05) is 49.3 Å². The Balaban J connectivity index is 1.45. The van der Waals surface area contributed by atoms with Crippen molar-refractivity contribution in [3.63, 3.8) is 0 Å². The van der Waals surface area contributed by atoms with Crippen molar-refractivity contribution >= 4 is 39.6 Å². The Morgan fingerprint density at radius 3 is 2.45 bits per heavy atom. The molecule has 9 heteroatoms. The maximum Gasteiger partial charge on any atom is 0.274 e. The molecule has 5 rings (SSSR count). The van der Waals surface area contributed by atoms with Gasteiger partial charge in [-0.25, -0.2) is 4.98 Å². The van der Waals surface area contributed by atoms with Gasteiger partial charge >= 0.3 is 0 Å². The molecule has 0 atom stereocenters. The van der Waals surface area contributed by atoms with Crippen molar-refractivity contribution in [1.82, 2.24) is 9.88 Å². The number of anilines is 4. The second-order valence-electron chi connectivity index (χ2n) is 10.2. The van der Waals surface area contributed by atoms with Crippen molar-refractivity contribution < 1.29 is 14.3 Å². The van der Waals surface area contributed by atoms with Gasteiger partial charge in [0.2, 0.25) is 0 Å². The minimum atomic E-state index is -0.230. The van der Waals surface area contributed by atoms with E-state index in [2.05, 4.69) is 39.2 Å². The normalized spacial score (nSPS) is 16.8. The van der Waals surface area contributed by atoms with E-state index >= 15 is 0 Å². The maximum atomic E-state index is 13.5. The number of pyridine rings is 1. The van der Waals surface area contributed by atoms with Crippen LogP contribution in [-0.2, 0) is 4.74 Å². The number of carbonyl (C=O) groups excluding carboxylic acids is 1. The third-order valence-corrected chi connectivity index (χ3v) is 7.35. The Hall–Kier alpha value is -3.56. The molecule has 0 spiro atoms. The second kappa shape index (κ2) is 11.4. The van der Waals surface area contributed by atoms with Crippen LogP contribution in [0.5, 0.6) is 5.75 Å². The molecule has 2 aliphatic rings. The molecule has 3 aromatic rings. The average molecular weight is 519 g/mol. The zero-order valence-electron chi connectivity index (χ0n) is 22.9. The molecule has 2 saturated heterocycles. The molecule has 1 aromatic heterocycles. The summed E-state index contributed by atoms with van der Waals surface area (Å²) in [4.78, 5) is 27.4. The second-order valence-corrected chi connectivity index (χ2v) is 10.2. The summed E-state index contributed by atoms with van der Waals surface area (Å²) in [6.07, 6.45) is 1.02. The number of nitrogens with one attached hydrogen (secondary N) is 1. The first-order chi connectivity index (χ1) is 18.4. The van der Waals surface area contributed by atoms with Gasteiger partial charge in [0.05, 0.1) is 24.9 Å². The van der Waals surface area contributed by atoms with Crippen LogP contribution in [0, 0.1) is 0 Å². The van der Waals surface area contributed by atoms with Crippen molar-refractivity contribution in [3.05, 3.63) is 48.2 Å². The summed E-state index contributed by atoms with van der Waals surface area (Å²) in [5, 5.41) is 4.01. The Bertz CT molecular complexity index is 1260. The van der Waals surface area contributed by atoms with Gasteiger partial charge in [0.1, 0.15) is 11.4 Å². The first-order valence-electron chi connectivity index (χ1n) is 13.3. The highest BCUT2D eigenvalue weighted by atomic mass is 16.5. The number of likely N-dealkylation sites (N-methyl/N-ethyl adjacent to an activating group) is 1. The van der Waals surface area contributed by atoms with E-state index < -0.39 is 0 Å². The fraction of sp³-hybridized carbons (Fsp3) is 0.448. The van der Waals surface area contributed by atoms with Gasteiger partial charge in [-0.2, -0.15) is 0 Å². The smallest absolute Gasteiger partial charge is 0.274 e. The fourth-order valence-electron chi connectivity index (χ4n) is 5.11. The molecule has 0 unspecified atom stereocenters. The lowest BCUT2D eigenvalue weighted by atomic mass is 10.1. The number of fused-ring (bicyclic) bond motifs is 1. The molecule has 0 aliphatic carbocycles. The third-order valence-electron chi connectivity index (χ3n) is 7.35. The van der Waals surface area contributed by atoms with Crippen LogP contribution in [0.3, 0.4) is 0 Å². The molecule has 1 amide bonds. The summed E-state index contributed by atoms with van der Waals surface area (Å²) in [7, 11) is 7.79. The summed E-state index contributed by atoms with van der Waals surface area (Å²) >= 11 is 0. The molecule has 2 aliphatic heterocycles. The summed E-state index contributed by atoms with van der Waals surface area (Å²) in [6, 6.07) is 13.9. The standard InChI is InChI=1S/C29H38N6O3/c1-32(2)26-20-25(29(36)30-21-6-8-22(9-7-21)34-10-5-16-38-17-15-34)31-28-24(26)18-23(37-4)19-27(28)35-13-11-33(3)12-14-35/h6-9,18-20H,5,10-17H2,1-4H3,(H,30,36). The number of aromatic nitrogens is 1. The van der Waals surface area contributed by atoms with Crippen molar-refractivity contribution in [2.45, 2.75) is 6.42 Å². The zero-order chi connectivity index (χ0) is 26.6. The lowest BCUT2D eigenvalue weighted by molar-refractivity contribution is 0.102. The van der Waals surface area contributed by atoms with Crippen molar-refractivity contribution in [2.24, 2.45) is 0 Å². The van der Waals surface area contributed by atoms with E-state index in [0.717, 1.165) is 98.3 Å². The number of ether oxygens (including phenoxy) is 2. The van der Waals surface area contributed by atoms with Crippen LogP contribution in [-0.4, -0.2) is 96.5 Å². The number of amides is 1. The quantitative estimate of drug-likeness (QED) is 0.531. The maximum absolute atomic E-state index is 13.5. The number of piperazine rings is 1. The topological polar surface area (TPSA) is 73.4 Å². The Labute approximate surface area is 224 Å². The summed E-state index contributed by atoms with van der Waals surface area (Å²) < 4.78 is 11.2. The highest BCUT2D eigenvalue weighted by molar-refractivity contribution is 6.08. The lowest BCUT2D eigenvalue weighted by Gasteiger charge is -2.34. The number of rotatable bonds is 6. The van der Waals surface area contributed by atoms with Gasteiger partial charge in [0.25, 0.3) is 5.91 Å². The van der Waals surface area contributed by atoms with Crippen LogP contribution in [0.15, 0.2) is 42.5 Å². The van der Waals surface area contributed by atoms with Crippen LogP contribution >= 0.6 is 0 Å². The number of hydrogen-bond acceptors (Lipinski definition) is 8. The number of hydrogen-bond donors (Lipinski definition) is 1. The van der Waals surface area contributed by atoms with E-state index in [1.54, 1.807) is 7.11 Å². The van der Waals surface area contributed by atoms with Gasteiger partial charge in [0, 0.05) is 88.5 Å². The Morgan fingerprint density at radius 1 is 0.974 bits per heavy atom. The number of methoxy groups -OCH3 is 1. The monoisotopic (exact) mass is 518 g/mol. The van der Waals surface area contributed by atoms with Crippen LogP contribution in [0.4, 0.5) is 22.7 Å². The molecule has 9 nitrogen and oxygen atoms in total. The van der Waals surface area contributed by atoms with E-state index in [0.29, 0.717) is 5.69 Å². The predicted molar refractivity (Wildman–Crippen MR) is 154 cm³/mol. The first kappa shape index (κ1) is 26.1. The molecular weight excluding hydrogens is 480 g/mol. The molecule has 2 aromatic carbocycles. The number of nitrogens with zero attached hydrogens (tertiary/aromatic N) is 5. The van der Waals surface area contributed by atoms with Gasteiger partial charge < -0.3 is 34.4 Å². The van der Waals surface area contributed by atoms with Gasteiger partial charge in [-0.05, 0) is 49.9 Å². The van der Waals surface area contributed by atoms with Crippen molar-refractivity contribution in [2.75, 3.05) is 101 Å². The average Bonchev–Trinajstić information content (AvgIpc) is 3.22. The molecule has 2 fully saturated rings. The van der Waals surface area contributed by atoms with Crippen molar-refractivity contribution in [3.8, 4) is 5.75 Å².